The first-order chi connectivity index (χ1) is 6.07. The molecule has 0 aliphatic carbocycles. The van der Waals surface area contributed by atoms with Gasteiger partial charge in [0.05, 0.1) is 11.7 Å². The van der Waals surface area contributed by atoms with E-state index >= 15 is 0 Å². The number of likely N-dealkylation sites (N-methyl/N-ethyl adjacent to an activating group) is 1. The van der Waals surface area contributed by atoms with Crippen LogP contribution in [0.3, 0.4) is 0 Å². The smallest absolute Gasteiger partial charge is 0.240 e. The van der Waals surface area contributed by atoms with Crippen molar-refractivity contribution in [3.05, 3.63) is 0 Å². The van der Waals surface area contributed by atoms with Crippen LogP contribution in [0, 0.1) is 0 Å². The molecule has 1 amide bonds. The Balaban J connectivity index is 2.82. The van der Waals surface area contributed by atoms with Gasteiger partial charge in [-0.15, -0.1) is 0 Å². The summed E-state index contributed by atoms with van der Waals surface area (Å²) in [6.07, 6.45) is 3.12. The zero-order valence-electron chi connectivity index (χ0n) is 9.05. The van der Waals surface area contributed by atoms with Gasteiger partial charge < -0.3 is 4.90 Å². The second-order valence-electron chi connectivity index (χ2n) is 3.90. The van der Waals surface area contributed by atoms with Crippen molar-refractivity contribution in [3.63, 3.8) is 0 Å². The predicted octanol–water partition coefficient (Wildman–Crippen LogP) is 1.34. The van der Waals surface area contributed by atoms with Crippen molar-refractivity contribution < 1.29 is 4.79 Å². The Morgan fingerprint density at radius 3 is 2.46 bits per heavy atom. The van der Waals surface area contributed by atoms with Gasteiger partial charge in [-0.05, 0) is 19.8 Å². The maximum atomic E-state index is 11.6. The van der Waals surface area contributed by atoms with Crippen molar-refractivity contribution >= 4 is 5.91 Å². The number of carbonyl (C=O) groups excluding carboxylic acids is 1. The molecule has 0 bridgehead atoms. The second-order valence-corrected chi connectivity index (χ2v) is 3.90. The van der Waals surface area contributed by atoms with Gasteiger partial charge in [-0.2, -0.15) is 0 Å². The zero-order chi connectivity index (χ0) is 10.1. The third kappa shape index (κ3) is 1.57. The van der Waals surface area contributed by atoms with E-state index in [0.29, 0.717) is 0 Å². The van der Waals surface area contributed by atoms with E-state index < -0.39 is 0 Å². The van der Waals surface area contributed by atoms with Gasteiger partial charge in [-0.1, -0.05) is 20.3 Å². The maximum absolute atomic E-state index is 11.6. The van der Waals surface area contributed by atoms with Crippen molar-refractivity contribution in [2.75, 3.05) is 7.05 Å². The van der Waals surface area contributed by atoms with Gasteiger partial charge in [0.25, 0.3) is 0 Å². The molecule has 0 radical (unpaired) electrons. The Bertz CT molecular complexity index is 205. The molecule has 1 heterocycles. The molecule has 0 unspecified atom stereocenters. The zero-order valence-corrected chi connectivity index (χ0v) is 9.05. The maximum Gasteiger partial charge on any atom is 0.240 e. The molecular formula is C10H20N2O. The summed E-state index contributed by atoms with van der Waals surface area (Å²) in [5.41, 5.74) is -0.0781. The Morgan fingerprint density at radius 2 is 2.15 bits per heavy atom. The third-order valence-electron chi connectivity index (χ3n) is 3.08. The van der Waals surface area contributed by atoms with E-state index in [-0.39, 0.29) is 17.6 Å². The topological polar surface area (TPSA) is 32.3 Å². The third-order valence-corrected chi connectivity index (χ3v) is 3.08. The van der Waals surface area contributed by atoms with Gasteiger partial charge >= 0.3 is 0 Å². The Morgan fingerprint density at radius 1 is 1.54 bits per heavy atom. The van der Waals surface area contributed by atoms with E-state index in [1.807, 2.05) is 18.9 Å². The van der Waals surface area contributed by atoms with Crippen molar-refractivity contribution in [3.8, 4) is 0 Å². The van der Waals surface area contributed by atoms with Gasteiger partial charge in [0, 0.05) is 7.05 Å². The number of hydrogen-bond acceptors (Lipinski definition) is 2. The molecule has 13 heavy (non-hydrogen) atoms. The van der Waals surface area contributed by atoms with Crippen LogP contribution in [0.2, 0.25) is 0 Å². The van der Waals surface area contributed by atoms with Crippen molar-refractivity contribution in [2.24, 2.45) is 0 Å². The SMILES string of the molecule is CCC[C@]1(CC)N[C@@H](C)C(=O)N1C. The van der Waals surface area contributed by atoms with Crippen LogP contribution in [-0.4, -0.2) is 29.6 Å². The van der Waals surface area contributed by atoms with E-state index in [1.165, 1.54) is 0 Å². The molecular weight excluding hydrogens is 164 g/mol. The van der Waals surface area contributed by atoms with E-state index in [0.717, 1.165) is 19.3 Å². The summed E-state index contributed by atoms with van der Waals surface area (Å²) in [7, 11) is 1.90. The number of rotatable bonds is 3. The molecule has 1 N–H and O–H groups in total. The number of nitrogens with zero attached hydrogens (tertiary/aromatic N) is 1. The highest BCUT2D eigenvalue weighted by atomic mass is 16.2. The lowest BCUT2D eigenvalue weighted by Gasteiger charge is -2.35. The van der Waals surface area contributed by atoms with E-state index in [9.17, 15) is 4.79 Å². The van der Waals surface area contributed by atoms with Gasteiger partial charge in [0.2, 0.25) is 5.91 Å². The van der Waals surface area contributed by atoms with E-state index in [2.05, 4.69) is 19.2 Å². The Hall–Kier alpha value is -0.570. The fraction of sp³-hybridized carbons (Fsp3) is 0.900. The van der Waals surface area contributed by atoms with E-state index in [1.54, 1.807) is 0 Å². The average Bonchev–Trinajstić information content (AvgIpc) is 2.32. The minimum atomic E-state index is -0.0781. The number of hydrogen-bond donors (Lipinski definition) is 1. The highest BCUT2D eigenvalue weighted by molar-refractivity contribution is 5.84. The van der Waals surface area contributed by atoms with Crippen LogP contribution in [0.25, 0.3) is 0 Å². The molecule has 1 rings (SSSR count). The molecule has 3 heteroatoms. The molecule has 3 nitrogen and oxygen atoms in total. The number of nitrogens with one attached hydrogen (secondary N) is 1. The molecule has 0 spiro atoms. The highest BCUT2D eigenvalue weighted by Gasteiger charge is 2.44. The predicted molar refractivity (Wildman–Crippen MR) is 53.3 cm³/mol. The second kappa shape index (κ2) is 3.66. The summed E-state index contributed by atoms with van der Waals surface area (Å²) in [6.45, 7) is 6.22. The quantitative estimate of drug-likeness (QED) is 0.718. The molecule has 1 fully saturated rings. The lowest BCUT2D eigenvalue weighted by molar-refractivity contribution is -0.130. The van der Waals surface area contributed by atoms with Gasteiger partial charge in [0.1, 0.15) is 0 Å². The first-order valence-electron chi connectivity index (χ1n) is 5.12. The van der Waals surface area contributed by atoms with Crippen LogP contribution in [0.4, 0.5) is 0 Å². The molecule has 76 valence electrons. The summed E-state index contributed by atoms with van der Waals surface area (Å²) < 4.78 is 0. The molecule has 0 aromatic carbocycles. The summed E-state index contributed by atoms with van der Waals surface area (Å²) in [5.74, 6) is 0.218. The average molecular weight is 184 g/mol. The Labute approximate surface area is 80.5 Å². The normalized spacial score (nSPS) is 34.3. The monoisotopic (exact) mass is 184 g/mol. The summed E-state index contributed by atoms with van der Waals surface area (Å²) in [5, 5.41) is 3.39. The molecule has 1 aliphatic rings. The van der Waals surface area contributed by atoms with Crippen LogP contribution >= 0.6 is 0 Å². The van der Waals surface area contributed by atoms with Gasteiger partial charge in [-0.25, -0.2) is 0 Å². The molecule has 0 saturated carbocycles. The summed E-state index contributed by atoms with van der Waals surface area (Å²) in [6, 6.07) is -0.0171. The molecule has 0 aromatic heterocycles. The standard InChI is InChI=1S/C10H20N2O/c1-5-7-10(6-2)11-8(3)9(13)12(10)4/h8,11H,5-7H2,1-4H3/t8-,10+/m0/s1. The number of amides is 1. The van der Waals surface area contributed by atoms with Crippen molar-refractivity contribution in [1.29, 1.82) is 0 Å². The molecule has 1 aliphatic heterocycles. The van der Waals surface area contributed by atoms with Crippen LogP contribution in [0.1, 0.15) is 40.0 Å². The lowest BCUT2D eigenvalue weighted by Crippen LogP contribution is -2.50. The van der Waals surface area contributed by atoms with Crippen LogP contribution < -0.4 is 5.32 Å². The molecule has 1 saturated heterocycles. The van der Waals surface area contributed by atoms with Crippen LogP contribution in [0.5, 0.6) is 0 Å². The lowest BCUT2D eigenvalue weighted by atomic mass is 10.0. The minimum Gasteiger partial charge on any atom is -0.326 e. The van der Waals surface area contributed by atoms with Crippen LogP contribution in [-0.2, 0) is 4.79 Å². The largest absolute Gasteiger partial charge is 0.326 e. The molecule has 0 aromatic rings. The molecule has 2 atom stereocenters. The first kappa shape index (κ1) is 10.5. The number of carbonyl (C=O) groups is 1. The summed E-state index contributed by atoms with van der Waals surface area (Å²) in [4.78, 5) is 13.5. The minimum absolute atomic E-state index is 0.0171. The Kier molecular flexibility index (Phi) is 2.96. The van der Waals surface area contributed by atoms with Gasteiger partial charge in [0.15, 0.2) is 0 Å². The summed E-state index contributed by atoms with van der Waals surface area (Å²) >= 11 is 0. The van der Waals surface area contributed by atoms with Crippen LogP contribution in [0.15, 0.2) is 0 Å². The first-order valence-corrected chi connectivity index (χ1v) is 5.12. The van der Waals surface area contributed by atoms with Crippen molar-refractivity contribution in [1.82, 2.24) is 10.2 Å². The van der Waals surface area contributed by atoms with E-state index in [4.69, 9.17) is 0 Å². The van der Waals surface area contributed by atoms with Crippen molar-refractivity contribution in [2.45, 2.75) is 51.7 Å². The fourth-order valence-electron chi connectivity index (χ4n) is 2.23. The fourth-order valence-corrected chi connectivity index (χ4v) is 2.23. The highest BCUT2D eigenvalue weighted by Crippen LogP contribution is 2.27. The van der Waals surface area contributed by atoms with Gasteiger partial charge in [-0.3, -0.25) is 10.1 Å².